The Morgan fingerprint density at radius 1 is 1.28 bits per heavy atom. The molecular weight excluding hydrogens is 230 g/mol. The highest BCUT2D eigenvalue weighted by atomic mass is 16.7. The van der Waals surface area contributed by atoms with Crippen LogP contribution in [0.5, 0.6) is 11.5 Å². The predicted molar refractivity (Wildman–Crippen MR) is 67.4 cm³/mol. The standard InChI is InChI=1S/C13H15N3O2/c1-8-3-12-13(18-7-17-12)4-9(8)10-6-16(2)15-11(10)5-14/h3-4,6H,5,7,14H2,1-2H3. The maximum absolute atomic E-state index is 5.73. The molecule has 1 aromatic heterocycles. The van der Waals surface area contributed by atoms with Crippen molar-refractivity contribution in [3.63, 3.8) is 0 Å². The third-order valence-electron chi connectivity index (χ3n) is 3.11. The number of hydrogen-bond donors (Lipinski definition) is 1. The molecule has 0 saturated carbocycles. The lowest BCUT2D eigenvalue weighted by Gasteiger charge is -2.07. The molecule has 1 aliphatic heterocycles. The van der Waals surface area contributed by atoms with Gasteiger partial charge in [-0.1, -0.05) is 0 Å². The van der Waals surface area contributed by atoms with Crippen molar-refractivity contribution in [3.8, 4) is 22.6 Å². The molecule has 0 radical (unpaired) electrons. The lowest BCUT2D eigenvalue weighted by Crippen LogP contribution is -2.00. The Kier molecular flexibility index (Phi) is 2.48. The topological polar surface area (TPSA) is 62.3 Å². The second kappa shape index (κ2) is 4.03. The van der Waals surface area contributed by atoms with Gasteiger partial charge in [0.15, 0.2) is 11.5 Å². The minimum atomic E-state index is 0.287. The van der Waals surface area contributed by atoms with Gasteiger partial charge in [-0.25, -0.2) is 0 Å². The van der Waals surface area contributed by atoms with E-state index in [9.17, 15) is 0 Å². The normalized spacial score (nSPS) is 13.1. The number of ether oxygens (including phenoxy) is 2. The van der Waals surface area contributed by atoms with E-state index in [1.807, 2.05) is 32.3 Å². The van der Waals surface area contributed by atoms with E-state index >= 15 is 0 Å². The first-order valence-corrected chi connectivity index (χ1v) is 5.82. The van der Waals surface area contributed by atoms with E-state index in [0.29, 0.717) is 6.54 Å². The zero-order valence-electron chi connectivity index (χ0n) is 10.4. The summed E-state index contributed by atoms with van der Waals surface area (Å²) in [6.45, 7) is 2.75. The fourth-order valence-electron chi connectivity index (χ4n) is 2.24. The van der Waals surface area contributed by atoms with E-state index in [-0.39, 0.29) is 6.79 Å². The van der Waals surface area contributed by atoms with Crippen LogP contribution in [-0.2, 0) is 13.6 Å². The molecule has 1 aromatic carbocycles. The van der Waals surface area contributed by atoms with Crippen molar-refractivity contribution in [1.29, 1.82) is 0 Å². The molecule has 0 atom stereocenters. The van der Waals surface area contributed by atoms with Crippen molar-refractivity contribution in [3.05, 3.63) is 29.6 Å². The average Bonchev–Trinajstić information content (AvgIpc) is 2.93. The van der Waals surface area contributed by atoms with E-state index in [2.05, 4.69) is 5.10 Å². The number of aromatic nitrogens is 2. The first-order chi connectivity index (χ1) is 8.69. The second-order valence-corrected chi connectivity index (χ2v) is 4.39. The first kappa shape index (κ1) is 11.1. The molecule has 0 aliphatic carbocycles. The summed E-state index contributed by atoms with van der Waals surface area (Å²) in [4.78, 5) is 0. The first-order valence-electron chi connectivity index (χ1n) is 5.82. The number of rotatable bonds is 2. The van der Waals surface area contributed by atoms with Gasteiger partial charge < -0.3 is 15.2 Å². The van der Waals surface area contributed by atoms with Gasteiger partial charge in [-0.05, 0) is 30.2 Å². The Bertz CT molecular complexity index is 605. The number of fused-ring (bicyclic) bond motifs is 1. The van der Waals surface area contributed by atoms with E-state index in [0.717, 1.165) is 33.9 Å². The zero-order valence-corrected chi connectivity index (χ0v) is 10.4. The Morgan fingerprint density at radius 3 is 2.72 bits per heavy atom. The van der Waals surface area contributed by atoms with Gasteiger partial charge in [0.25, 0.3) is 0 Å². The molecule has 1 aliphatic rings. The summed E-state index contributed by atoms with van der Waals surface area (Å²) < 4.78 is 12.6. The fraction of sp³-hybridized carbons (Fsp3) is 0.308. The molecule has 2 aromatic rings. The van der Waals surface area contributed by atoms with Crippen LogP contribution in [0.15, 0.2) is 18.3 Å². The van der Waals surface area contributed by atoms with Crippen LogP contribution in [0.3, 0.4) is 0 Å². The largest absolute Gasteiger partial charge is 0.454 e. The third-order valence-corrected chi connectivity index (χ3v) is 3.11. The van der Waals surface area contributed by atoms with Crippen molar-refractivity contribution < 1.29 is 9.47 Å². The molecule has 5 nitrogen and oxygen atoms in total. The molecule has 18 heavy (non-hydrogen) atoms. The number of aryl methyl sites for hydroxylation is 2. The van der Waals surface area contributed by atoms with Crippen molar-refractivity contribution >= 4 is 0 Å². The summed E-state index contributed by atoms with van der Waals surface area (Å²) in [7, 11) is 1.89. The summed E-state index contributed by atoms with van der Waals surface area (Å²) in [5.74, 6) is 1.58. The minimum absolute atomic E-state index is 0.287. The smallest absolute Gasteiger partial charge is 0.231 e. The summed E-state index contributed by atoms with van der Waals surface area (Å²) in [6, 6.07) is 3.98. The van der Waals surface area contributed by atoms with Crippen LogP contribution >= 0.6 is 0 Å². The van der Waals surface area contributed by atoms with Gasteiger partial charge in [-0.3, -0.25) is 4.68 Å². The van der Waals surface area contributed by atoms with E-state index < -0.39 is 0 Å². The van der Waals surface area contributed by atoms with Crippen LogP contribution in [0, 0.1) is 6.92 Å². The molecule has 5 heteroatoms. The summed E-state index contributed by atoms with van der Waals surface area (Å²) in [5.41, 5.74) is 9.89. The molecular formula is C13H15N3O2. The highest BCUT2D eigenvalue weighted by molar-refractivity contribution is 5.72. The van der Waals surface area contributed by atoms with Crippen LogP contribution in [0.1, 0.15) is 11.3 Å². The highest BCUT2D eigenvalue weighted by Gasteiger charge is 2.18. The second-order valence-electron chi connectivity index (χ2n) is 4.39. The molecule has 0 saturated heterocycles. The maximum atomic E-state index is 5.73. The Hall–Kier alpha value is -2.01. The van der Waals surface area contributed by atoms with Crippen LogP contribution in [0.2, 0.25) is 0 Å². The van der Waals surface area contributed by atoms with Crippen molar-refractivity contribution in [2.24, 2.45) is 12.8 Å². The molecule has 3 rings (SSSR count). The zero-order chi connectivity index (χ0) is 12.7. The van der Waals surface area contributed by atoms with Crippen LogP contribution in [0.25, 0.3) is 11.1 Å². The van der Waals surface area contributed by atoms with Gasteiger partial charge in [0.1, 0.15) is 0 Å². The molecule has 0 spiro atoms. The van der Waals surface area contributed by atoms with E-state index in [4.69, 9.17) is 15.2 Å². The maximum Gasteiger partial charge on any atom is 0.231 e. The number of benzene rings is 1. The lowest BCUT2D eigenvalue weighted by atomic mass is 10.0. The van der Waals surface area contributed by atoms with Gasteiger partial charge in [0.2, 0.25) is 6.79 Å². The quantitative estimate of drug-likeness (QED) is 0.872. The molecule has 2 N–H and O–H groups in total. The fourth-order valence-corrected chi connectivity index (χ4v) is 2.24. The van der Waals surface area contributed by atoms with Crippen LogP contribution in [0.4, 0.5) is 0 Å². The molecule has 0 unspecified atom stereocenters. The molecule has 2 heterocycles. The van der Waals surface area contributed by atoms with Gasteiger partial charge >= 0.3 is 0 Å². The summed E-state index contributed by atoms with van der Waals surface area (Å²) in [6.07, 6.45) is 1.98. The average molecular weight is 245 g/mol. The SMILES string of the molecule is Cc1cc2c(cc1-c1cn(C)nc1CN)OCO2. The van der Waals surface area contributed by atoms with Crippen LogP contribution in [-0.4, -0.2) is 16.6 Å². The van der Waals surface area contributed by atoms with Gasteiger partial charge in [-0.15, -0.1) is 0 Å². The Labute approximate surface area is 105 Å². The van der Waals surface area contributed by atoms with E-state index in [1.165, 1.54) is 0 Å². The Morgan fingerprint density at radius 2 is 2.00 bits per heavy atom. The number of nitrogens with two attached hydrogens (primary N) is 1. The lowest BCUT2D eigenvalue weighted by molar-refractivity contribution is 0.174. The molecule has 94 valence electrons. The molecule has 0 amide bonds. The minimum Gasteiger partial charge on any atom is -0.454 e. The molecule has 0 bridgehead atoms. The van der Waals surface area contributed by atoms with Gasteiger partial charge in [0, 0.05) is 25.4 Å². The highest BCUT2D eigenvalue weighted by Crippen LogP contribution is 2.39. The van der Waals surface area contributed by atoms with Crippen LogP contribution < -0.4 is 15.2 Å². The molecule has 0 fully saturated rings. The number of hydrogen-bond acceptors (Lipinski definition) is 4. The van der Waals surface area contributed by atoms with Crippen molar-refractivity contribution in [2.75, 3.05) is 6.79 Å². The third kappa shape index (κ3) is 1.64. The van der Waals surface area contributed by atoms with Gasteiger partial charge in [-0.2, -0.15) is 5.10 Å². The van der Waals surface area contributed by atoms with Gasteiger partial charge in [0.05, 0.1) is 5.69 Å². The van der Waals surface area contributed by atoms with Crippen molar-refractivity contribution in [1.82, 2.24) is 9.78 Å². The summed E-state index contributed by atoms with van der Waals surface area (Å²) in [5, 5.41) is 4.36. The Balaban J connectivity index is 2.16. The predicted octanol–water partition coefficient (Wildman–Crippen LogP) is 1.58. The van der Waals surface area contributed by atoms with Crippen molar-refractivity contribution in [2.45, 2.75) is 13.5 Å². The number of nitrogens with zero attached hydrogens (tertiary/aromatic N) is 2. The van der Waals surface area contributed by atoms with E-state index in [1.54, 1.807) is 4.68 Å². The monoisotopic (exact) mass is 245 g/mol. The summed E-state index contributed by atoms with van der Waals surface area (Å²) >= 11 is 0.